The van der Waals surface area contributed by atoms with Gasteiger partial charge in [0.05, 0.1) is 16.8 Å². The van der Waals surface area contributed by atoms with Crippen molar-refractivity contribution >= 4 is 27.8 Å². The molecule has 0 heterocycles. The highest BCUT2D eigenvalue weighted by Gasteiger charge is 2.47. The normalized spacial score (nSPS) is 12.6. The third-order valence-corrected chi connectivity index (χ3v) is 11.2. The zero-order chi connectivity index (χ0) is 35.9. The van der Waals surface area contributed by atoms with E-state index >= 15 is 0 Å². The molecule has 0 radical (unpaired) electrons. The van der Waals surface area contributed by atoms with E-state index in [9.17, 15) is 0 Å². The molecular formula is C53H37N. The van der Waals surface area contributed by atoms with E-state index < -0.39 is 5.41 Å². The van der Waals surface area contributed by atoms with Crippen molar-refractivity contribution in [3.05, 3.63) is 247 Å². The number of hydrogen-bond acceptors (Lipinski definition) is 1. The van der Waals surface area contributed by atoms with Gasteiger partial charge in [-0.15, -0.1) is 0 Å². The second-order valence-electron chi connectivity index (χ2n) is 14.1. The number of hydrogen-bond donors (Lipinski definition) is 0. The first-order valence-corrected chi connectivity index (χ1v) is 18.7. The molecule has 254 valence electrons. The van der Waals surface area contributed by atoms with Crippen LogP contribution in [0.4, 0.5) is 17.1 Å². The number of fused-ring (bicyclic) bond motifs is 4. The molecule has 54 heavy (non-hydrogen) atoms. The van der Waals surface area contributed by atoms with Gasteiger partial charge in [-0.3, -0.25) is 0 Å². The summed E-state index contributed by atoms with van der Waals surface area (Å²) in [4.78, 5) is 2.48. The minimum absolute atomic E-state index is 0.481. The highest BCUT2D eigenvalue weighted by molar-refractivity contribution is 6.03. The van der Waals surface area contributed by atoms with E-state index in [1.165, 1.54) is 66.4 Å². The summed E-state index contributed by atoms with van der Waals surface area (Å²) in [6, 6.07) is 81.9. The lowest BCUT2D eigenvalue weighted by molar-refractivity contribution is 0.768. The Hall–Kier alpha value is -6.96. The molecule has 1 heteroatoms. The highest BCUT2D eigenvalue weighted by atomic mass is 15.1. The van der Waals surface area contributed by atoms with E-state index in [0.717, 1.165) is 17.1 Å². The average molecular weight is 688 g/mol. The van der Waals surface area contributed by atoms with Gasteiger partial charge in [0.2, 0.25) is 0 Å². The van der Waals surface area contributed by atoms with Gasteiger partial charge in [0.1, 0.15) is 0 Å². The number of anilines is 3. The van der Waals surface area contributed by atoms with Gasteiger partial charge < -0.3 is 4.90 Å². The van der Waals surface area contributed by atoms with Crippen molar-refractivity contribution in [1.29, 1.82) is 0 Å². The van der Waals surface area contributed by atoms with Gasteiger partial charge in [-0.25, -0.2) is 0 Å². The van der Waals surface area contributed by atoms with E-state index in [2.05, 4.69) is 229 Å². The van der Waals surface area contributed by atoms with Crippen molar-refractivity contribution in [2.75, 3.05) is 4.90 Å². The van der Waals surface area contributed by atoms with Crippen LogP contribution < -0.4 is 4.90 Å². The van der Waals surface area contributed by atoms with Crippen LogP contribution >= 0.6 is 0 Å². The molecule has 1 aliphatic carbocycles. The molecule has 0 amide bonds. The van der Waals surface area contributed by atoms with Gasteiger partial charge in [-0.05, 0) is 79.7 Å². The van der Waals surface area contributed by atoms with Gasteiger partial charge >= 0.3 is 0 Å². The van der Waals surface area contributed by atoms with Gasteiger partial charge in [0.15, 0.2) is 0 Å². The van der Waals surface area contributed by atoms with Crippen LogP contribution in [-0.4, -0.2) is 0 Å². The van der Waals surface area contributed by atoms with E-state index in [1.807, 2.05) is 0 Å². The lowest BCUT2D eigenvalue weighted by Gasteiger charge is -2.34. The van der Waals surface area contributed by atoms with Crippen LogP contribution in [0.1, 0.15) is 22.3 Å². The lowest BCUT2D eigenvalue weighted by Crippen LogP contribution is -2.28. The van der Waals surface area contributed by atoms with Crippen LogP contribution in [-0.2, 0) is 5.41 Å². The van der Waals surface area contributed by atoms with E-state index in [-0.39, 0.29) is 0 Å². The molecule has 0 unspecified atom stereocenters. The standard InChI is InChI=1S/C53H37N/c1-4-16-38(17-5-1)39-30-32-40(33-31-39)41-34-36-45(37-35-41)54(50-28-14-19-42-18-10-11-24-46(42)50)51-29-15-27-49-52(51)47-25-12-13-26-48(47)53(49,43-20-6-2-7-21-43)44-22-8-3-9-23-44/h1-37H. The zero-order valence-electron chi connectivity index (χ0n) is 29.8. The predicted molar refractivity (Wildman–Crippen MR) is 227 cm³/mol. The molecule has 0 N–H and O–H groups in total. The molecule has 0 saturated carbocycles. The van der Waals surface area contributed by atoms with Crippen LogP contribution in [0, 0.1) is 0 Å². The summed E-state index contributed by atoms with van der Waals surface area (Å²) in [5.41, 5.74) is 15.4. The van der Waals surface area contributed by atoms with Crippen LogP contribution in [0.15, 0.2) is 224 Å². The van der Waals surface area contributed by atoms with Crippen LogP contribution in [0.3, 0.4) is 0 Å². The molecule has 0 spiro atoms. The first-order valence-electron chi connectivity index (χ1n) is 18.7. The Balaban J connectivity index is 1.19. The summed E-state index contributed by atoms with van der Waals surface area (Å²) in [6.07, 6.45) is 0. The molecule has 0 saturated heterocycles. The van der Waals surface area contributed by atoms with Crippen LogP contribution in [0.2, 0.25) is 0 Å². The van der Waals surface area contributed by atoms with Crippen molar-refractivity contribution in [3.8, 4) is 33.4 Å². The van der Waals surface area contributed by atoms with E-state index in [1.54, 1.807) is 0 Å². The molecule has 0 aromatic heterocycles. The third kappa shape index (κ3) is 5.09. The molecule has 10 rings (SSSR count). The second kappa shape index (κ2) is 13.2. The molecule has 0 bridgehead atoms. The fourth-order valence-electron chi connectivity index (χ4n) is 8.76. The maximum Gasteiger partial charge on any atom is 0.0714 e. The molecule has 0 atom stereocenters. The van der Waals surface area contributed by atoms with Crippen molar-refractivity contribution in [2.45, 2.75) is 5.41 Å². The topological polar surface area (TPSA) is 3.24 Å². The van der Waals surface area contributed by atoms with Crippen molar-refractivity contribution < 1.29 is 0 Å². The predicted octanol–water partition coefficient (Wildman–Crippen LogP) is 14.0. The molecule has 9 aromatic carbocycles. The minimum Gasteiger partial charge on any atom is -0.309 e. The van der Waals surface area contributed by atoms with Crippen LogP contribution in [0.25, 0.3) is 44.2 Å². The SMILES string of the molecule is c1ccc(-c2ccc(-c3ccc(N(c4cccc5c4-c4ccccc4C5(c4ccccc4)c4ccccc4)c4cccc5ccccc45)cc3)cc2)cc1. The maximum atomic E-state index is 2.48. The molecule has 1 nitrogen and oxygen atoms in total. The Morgan fingerprint density at radius 1 is 0.315 bits per heavy atom. The van der Waals surface area contributed by atoms with Crippen molar-refractivity contribution in [3.63, 3.8) is 0 Å². The molecular weight excluding hydrogens is 651 g/mol. The summed E-state index contributed by atoms with van der Waals surface area (Å²) in [5, 5.41) is 2.42. The highest BCUT2D eigenvalue weighted by Crippen LogP contribution is 2.59. The Morgan fingerprint density at radius 3 is 1.44 bits per heavy atom. The second-order valence-corrected chi connectivity index (χ2v) is 14.1. The van der Waals surface area contributed by atoms with E-state index in [4.69, 9.17) is 0 Å². The summed E-state index contributed by atoms with van der Waals surface area (Å²) in [7, 11) is 0. The first-order chi connectivity index (χ1) is 26.8. The van der Waals surface area contributed by atoms with Crippen LogP contribution in [0.5, 0.6) is 0 Å². The van der Waals surface area contributed by atoms with E-state index in [0.29, 0.717) is 0 Å². The molecule has 9 aromatic rings. The van der Waals surface area contributed by atoms with Gasteiger partial charge in [-0.1, -0.05) is 200 Å². The summed E-state index contributed by atoms with van der Waals surface area (Å²) < 4.78 is 0. The Labute approximate surface area is 317 Å². The first kappa shape index (κ1) is 31.7. The number of nitrogens with zero attached hydrogens (tertiary/aromatic N) is 1. The lowest BCUT2D eigenvalue weighted by atomic mass is 9.68. The quantitative estimate of drug-likeness (QED) is 0.161. The third-order valence-electron chi connectivity index (χ3n) is 11.2. The fourth-order valence-corrected chi connectivity index (χ4v) is 8.76. The molecule has 0 aliphatic heterocycles. The largest absolute Gasteiger partial charge is 0.309 e. The molecule has 1 aliphatic rings. The fraction of sp³-hybridized carbons (Fsp3) is 0.0189. The zero-order valence-corrected chi connectivity index (χ0v) is 29.8. The smallest absolute Gasteiger partial charge is 0.0714 e. The monoisotopic (exact) mass is 687 g/mol. The number of rotatable bonds is 7. The van der Waals surface area contributed by atoms with Gasteiger partial charge in [0, 0.05) is 16.6 Å². The average Bonchev–Trinajstić information content (AvgIpc) is 3.57. The summed E-state index contributed by atoms with van der Waals surface area (Å²) >= 11 is 0. The maximum absolute atomic E-state index is 2.48. The van der Waals surface area contributed by atoms with Crippen molar-refractivity contribution in [1.82, 2.24) is 0 Å². The Kier molecular flexibility index (Phi) is 7.78. The summed E-state index contributed by atoms with van der Waals surface area (Å²) in [6.45, 7) is 0. The van der Waals surface area contributed by atoms with Gasteiger partial charge in [0.25, 0.3) is 0 Å². The Bertz CT molecular complexity index is 2690. The van der Waals surface area contributed by atoms with Crippen molar-refractivity contribution in [2.24, 2.45) is 0 Å². The minimum atomic E-state index is -0.481. The summed E-state index contributed by atoms with van der Waals surface area (Å²) in [5.74, 6) is 0. The van der Waals surface area contributed by atoms with Gasteiger partial charge in [-0.2, -0.15) is 0 Å². The Morgan fingerprint density at radius 2 is 0.778 bits per heavy atom. The molecule has 0 fully saturated rings. The number of benzene rings is 9.